The molecule has 3 aromatic rings. The highest BCUT2D eigenvalue weighted by molar-refractivity contribution is 8.26. The van der Waals surface area contributed by atoms with Crippen LogP contribution in [0.5, 0.6) is 0 Å². The van der Waals surface area contributed by atoms with E-state index < -0.39 is 0 Å². The number of amides is 1. The molecule has 0 radical (unpaired) electrons. The summed E-state index contributed by atoms with van der Waals surface area (Å²) in [4.78, 5) is 22.8. The molecule has 5 rings (SSSR count). The molecule has 2 atom stereocenters. The normalized spacial score (nSPS) is 19.8. The predicted octanol–water partition coefficient (Wildman–Crippen LogP) is 9.62. The summed E-state index contributed by atoms with van der Waals surface area (Å²) < 4.78 is 0. The molecule has 1 aromatic heterocycles. The van der Waals surface area contributed by atoms with Gasteiger partial charge in [0.05, 0.1) is 16.5 Å². The fourth-order valence-electron chi connectivity index (χ4n) is 5.89. The highest BCUT2D eigenvalue weighted by Gasteiger charge is 2.31. The zero-order chi connectivity index (χ0) is 32.3. The number of hydrogen-bond donors (Lipinski definition) is 1. The fraction of sp³-hybridized carbons (Fsp3) is 0.395. The van der Waals surface area contributed by atoms with Crippen LogP contribution >= 0.6 is 23.1 Å². The molecular weight excluding hydrogens is 607 g/mol. The molecule has 2 unspecified atom stereocenters. The van der Waals surface area contributed by atoms with E-state index in [4.69, 9.17) is 9.98 Å². The SMILES string of the molecule is C=C(C)Cc1ccc(CC(=O)Nc2nnc(C3CCCC(C4=NCCC(=N/C(=C/c5ccc(CC=CC)cc5)CC)S4)C3)s2)cc1. The summed E-state index contributed by atoms with van der Waals surface area (Å²) in [7, 11) is 0. The summed E-state index contributed by atoms with van der Waals surface area (Å²) in [6, 6.07) is 16.9. The lowest BCUT2D eigenvalue weighted by Crippen LogP contribution is -2.24. The van der Waals surface area contributed by atoms with Crippen molar-refractivity contribution in [1.29, 1.82) is 0 Å². The van der Waals surface area contributed by atoms with Crippen molar-refractivity contribution in [2.24, 2.45) is 15.9 Å². The molecular formula is C38H45N5OS2. The summed E-state index contributed by atoms with van der Waals surface area (Å²) in [6.45, 7) is 11.0. The van der Waals surface area contributed by atoms with Crippen molar-refractivity contribution in [3.05, 3.63) is 106 Å². The van der Waals surface area contributed by atoms with E-state index in [0.29, 0.717) is 23.4 Å². The Balaban J connectivity index is 1.16. The van der Waals surface area contributed by atoms with Crippen LogP contribution < -0.4 is 5.32 Å². The van der Waals surface area contributed by atoms with Gasteiger partial charge in [-0.2, -0.15) is 0 Å². The summed E-state index contributed by atoms with van der Waals surface area (Å²) >= 11 is 3.29. The lowest BCUT2D eigenvalue weighted by atomic mass is 9.82. The summed E-state index contributed by atoms with van der Waals surface area (Å²) in [6.07, 6.45) is 14.8. The second kappa shape index (κ2) is 16.8. The van der Waals surface area contributed by atoms with Crippen LogP contribution in [-0.4, -0.2) is 32.7 Å². The minimum atomic E-state index is -0.0708. The Hall–Kier alpha value is -3.62. The van der Waals surface area contributed by atoms with Crippen LogP contribution in [0, 0.1) is 5.92 Å². The maximum absolute atomic E-state index is 12.7. The molecule has 0 saturated heterocycles. The number of carbonyl (C=O) groups is 1. The Morgan fingerprint density at radius 3 is 2.46 bits per heavy atom. The van der Waals surface area contributed by atoms with Crippen molar-refractivity contribution >= 4 is 50.3 Å². The number of rotatable bonds is 12. The van der Waals surface area contributed by atoms with E-state index in [1.165, 1.54) is 33.1 Å². The van der Waals surface area contributed by atoms with Crippen LogP contribution in [0.3, 0.4) is 0 Å². The van der Waals surface area contributed by atoms with Gasteiger partial charge in [0.2, 0.25) is 11.0 Å². The van der Waals surface area contributed by atoms with E-state index in [2.05, 4.69) is 90.6 Å². The third-order valence-electron chi connectivity index (χ3n) is 8.30. The maximum atomic E-state index is 12.7. The molecule has 2 aromatic carbocycles. The molecule has 2 aliphatic rings. The standard InChI is InChI=1S/C38H45N5OS2/c1-5-7-9-27-12-14-29(15-13-27)23-33(6-2)40-35-20-21-39-36(45-35)31-10-8-11-32(25-31)37-42-43-38(46-37)41-34(44)24-30-18-16-28(17-19-30)22-26(3)4/h5,7,12-19,23,31-32H,3,6,8-11,20-22,24-25H2,1-2,4H3,(H,41,43,44)/b7-5?,33-23+,40-35?. The monoisotopic (exact) mass is 651 g/mol. The number of hydrogen-bond acceptors (Lipinski definition) is 7. The molecule has 2 heterocycles. The van der Waals surface area contributed by atoms with Crippen LogP contribution in [0.15, 0.2) is 88.5 Å². The molecule has 0 bridgehead atoms. The number of thioether (sulfide) groups is 1. The summed E-state index contributed by atoms with van der Waals surface area (Å²) in [5, 5.41) is 15.8. The van der Waals surface area contributed by atoms with Crippen molar-refractivity contribution in [1.82, 2.24) is 10.2 Å². The Morgan fingerprint density at radius 1 is 1.02 bits per heavy atom. The van der Waals surface area contributed by atoms with Gasteiger partial charge in [-0.25, -0.2) is 0 Å². The van der Waals surface area contributed by atoms with Crippen molar-refractivity contribution in [2.45, 2.75) is 84.5 Å². The van der Waals surface area contributed by atoms with E-state index >= 15 is 0 Å². The van der Waals surface area contributed by atoms with Gasteiger partial charge < -0.3 is 5.32 Å². The molecule has 46 heavy (non-hydrogen) atoms. The van der Waals surface area contributed by atoms with Gasteiger partial charge in [0.15, 0.2) is 0 Å². The van der Waals surface area contributed by atoms with Gasteiger partial charge in [-0.3, -0.25) is 14.8 Å². The number of nitrogens with one attached hydrogen (secondary N) is 1. The average molecular weight is 652 g/mol. The smallest absolute Gasteiger partial charge is 0.230 e. The molecule has 240 valence electrons. The number of nitrogens with zero attached hydrogens (tertiary/aromatic N) is 4. The minimum absolute atomic E-state index is 0.0708. The Kier molecular flexibility index (Phi) is 12.3. The number of allylic oxidation sites excluding steroid dienone is 4. The van der Waals surface area contributed by atoms with Gasteiger partial charge in [-0.15, -0.1) is 10.2 Å². The van der Waals surface area contributed by atoms with Crippen molar-refractivity contribution in [2.75, 3.05) is 11.9 Å². The molecule has 1 aliphatic carbocycles. The van der Waals surface area contributed by atoms with Gasteiger partial charge in [0.1, 0.15) is 5.01 Å². The van der Waals surface area contributed by atoms with Crippen molar-refractivity contribution in [3.63, 3.8) is 0 Å². The van der Waals surface area contributed by atoms with Gasteiger partial charge >= 0.3 is 0 Å². The first-order valence-corrected chi connectivity index (χ1v) is 18.1. The number of carbonyl (C=O) groups excluding carboxylic acids is 1. The largest absolute Gasteiger partial charge is 0.300 e. The number of aliphatic imine (C=N–C) groups is 2. The first kappa shape index (κ1) is 33.7. The van der Waals surface area contributed by atoms with E-state index in [1.807, 2.05) is 19.1 Å². The first-order chi connectivity index (χ1) is 22.4. The molecule has 8 heteroatoms. The van der Waals surface area contributed by atoms with Crippen LogP contribution in [0.25, 0.3) is 6.08 Å². The van der Waals surface area contributed by atoms with Crippen LogP contribution in [0.2, 0.25) is 0 Å². The zero-order valence-electron chi connectivity index (χ0n) is 27.3. The fourth-order valence-corrected chi connectivity index (χ4v) is 7.93. The van der Waals surface area contributed by atoms with E-state index in [9.17, 15) is 4.79 Å². The maximum Gasteiger partial charge on any atom is 0.230 e. The minimum Gasteiger partial charge on any atom is -0.300 e. The summed E-state index contributed by atoms with van der Waals surface area (Å²) in [5.74, 6) is 0.664. The Bertz CT molecular complexity index is 1620. The second-order valence-corrected chi connectivity index (χ2v) is 14.4. The third kappa shape index (κ3) is 9.94. The molecule has 0 spiro atoms. The Morgan fingerprint density at radius 2 is 1.74 bits per heavy atom. The van der Waals surface area contributed by atoms with Crippen molar-refractivity contribution < 1.29 is 4.79 Å². The molecule has 1 N–H and O–H groups in total. The molecule has 6 nitrogen and oxygen atoms in total. The predicted molar refractivity (Wildman–Crippen MR) is 197 cm³/mol. The third-order valence-corrected chi connectivity index (χ3v) is 10.5. The molecule has 1 aliphatic heterocycles. The lowest BCUT2D eigenvalue weighted by molar-refractivity contribution is -0.115. The average Bonchev–Trinajstić information content (AvgIpc) is 3.53. The van der Waals surface area contributed by atoms with E-state index in [0.717, 1.165) is 84.8 Å². The van der Waals surface area contributed by atoms with Crippen LogP contribution in [0.1, 0.15) is 92.5 Å². The van der Waals surface area contributed by atoms with E-state index in [1.54, 1.807) is 11.8 Å². The van der Waals surface area contributed by atoms with Gasteiger partial charge in [-0.05, 0) is 80.7 Å². The quantitative estimate of drug-likeness (QED) is 0.198. The highest BCUT2D eigenvalue weighted by Crippen LogP contribution is 2.41. The topological polar surface area (TPSA) is 79.6 Å². The number of aromatic nitrogens is 2. The second-order valence-electron chi connectivity index (χ2n) is 12.3. The summed E-state index contributed by atoms with van der Waals surface area (Å²) in [5.41, 5.74) is 6.92. The molecule has 1 amide bonds. The van der Waals surface area contributed by atoms with Crippen LogP contribution in [-0.2, 0) is 24.1 Å². The van der Waals surface area contributed by atoms with Gasteiger partial charge in [0.25, 0.3) is 0 Å². The molecule has 1 fully saturated rings. The van der Waals surface area contributed by atoms with Crippen LogP contribution in [0.4, 0.5) is 5.13 Å². The Labute approximate surface area is 282 Å². The van der Waals surface area contributed by atoms with Gasteiger partial charge in [-0.1, -0.05) is 109 Å². The number of anilines is 1. The van der Waals surface area contributed by atoms with E-state index in [-0.39, 0.29) is 5.91 Å². The first-order valence-electron chi connectivity index (χ1n) is 16.4. The lowest BCUT2D eigenvalue weighted by Gasteiger charge is -2.29. The number of benzene rings is 2. The highest BCUT2D eigenvalue weighted by atomic mass is 32.2. The molecule has 1 saturated carbocycles. The van der Waals surface area contributed by atoms with Crippen molar-refractivity contribution in [3.8, 4) is 0 Å². The van der Waals surface area contributed by atoms with Gasteiger partial charge in [0, 0.05) is 30.5 Å². The zero-order valence-corrected chi connectivity index (χ0v) is 28.9.